The summed E-state index contributed by atoms with van der Waals surface area (Å²) in [6.45, 7) is 4.13. The van der Waals surface area contributed by atoms with Crippen LogP contribution in [0.3, 0.4) is 0 Å². The van der Waals surface area contributed by atoms with Crippen molar-refractivity contribution in [1.82, 2.24) is 25.2 Å². The minimum Gasteiger partial charge on any atom is -0.351 e. The Balaban J connectivity index is 1.59. The third-order valence-corrected chi connectivity index (χ3v) is 3.86. The maximum absolute atomic E-state index is 12.3. The fraction of sp³-hybridized carbons (Fsp3) is 0.294. The molecule has 2 aromatic heterocycles. The lowest BCUT2D eigenvalue weighted by atomic mass is 10.2. The van der Waals surface area contributed by atoms with Gasteiger partial charge in [-0.1, -0.05) is 23.4 Å². The van der Waals surface area contributed by atoms with E-state index in [0.717, 1.165) is 17.0 Å². The molecule has 1 aromatic carbocycles. The Hall–Kier alpha value is -2.96. The number of benzene rings is 1. The number of nitrogens with zero attached hydrogens (tertiary/aromatic N) is 4. The molecule has 0 saturated heterocycles. The molecule has 3 rings (SSSR count). The lowest BCUT2D eigenvalue weighted by Crippen LogP contribution is -2.27. The van der Waals surface area contributed by atoms with Crippen molar-refractivity contribution >= 4 is 5.91 Å². The van der Waals surface area contributed by atoms with Crippen LogP contribution in [0, 0.1) is 13.8 Å². The van der Waals surface area contributed by atoms with Crippen molar-refractivity contribution in [1.29, 1.82) is 0 Å². The zero-order chi connectivity index (χ0) is 17.1. The van der Waals surface area contributed by atoms with Gasteiger partial charge in [-0.05, 0) is 26.0 Å². The molecule has 3 aromatic rings. The van der Waals surface area contributed by atoms with Crippen LogP contribution in [0.25, 0.3) is 11.5 Å². The van der Waals surface area contributed by atoms with E-state index in [2.05, 4.69) is 20.6 Å². The minimum atomic E-state index is -0.134. The fourth-order valence-electron chi connectivity index (χ4n) is 2.53. The molecule has 7 heteroatoms. The quantitative estimate of drug-likeness (QED) is 0.776. The average molecular weight is 325 g/mol. The van der Waals surface area contributed by atoms with Crippen molar-refractivity contribution in [2.75, 3.05) is 6.54 Å². The van der Waals surface area contributed by atoms with Crippen molar-refractivity contribution in [3.63, 3.8) is 0 Å². The van der Waals surface area contributed by atoms with Gasteiger partial charge in [0.2, 0.25) is 0 Å². The predicted molar refractivity (Wildman–Crippen MR) is 88.5 cm³/mol. The number of carbonyl (C=O) groups excluding carboxylic acids is 1. The molecule has 1 N–H and O–H groups in total. The van der Waals surface area contributed by atoms with E-state index in [4.69, 9.17) is 4.52 Å². The van der Waals surface area contributed by atoms with Gasteiger partial charge in [0.05, 0.1) is 11.3 Å². The van der Waals surface area contributed by atoms with Gasteiger partial charge in [0, 0.05) is 31.3 Å². The first-order chi connectivity index (χ1) is 11.6. The number of aromatic nitrogens is 4. The van der Waals surface area contributed by atoms with Crippen LogP contribution >= 0.6 is 0 Å². The van der Waals surface area contributed by atoms with Gasteiger partial charge in [-0.15, -0.1) is 0 Å². The van der Waals surface area contributed by atoms with Gasteiger partial charge in [0.25, 0.3) is 11.8 Å². The van der Waals surface area contributed by atoms with Gasteiger partial charge in [-0.2, -0.15) is 10.1 Å². The molecule has 0 aliphatic carbocycles. The molecule has 0 saturated carbocycles. The Labute approximate surface area is 139 Å². The van der Waals surface area contributed by atoms with Crippen molar-refractivity contribution in [2.24, 2.45) is 7.05 Å². The van der Waals surface area contributed by atoms with Crippen molar-refractivity contribution < 1.29 is 9.32 Å². The highest BCUT2D eigenvalue weighted by atomic mass is 16.5. The zero-order valence-corrected chi connectivity index (χ0v) is 13.9. The molecule has 0 spiro atoms. The van der Waals surface area contributed by atoms with E-state index in [9.17, 15) is 4.79 Å². The lowest BCUT2D eigenvalue weighted by Gasteiger charge is -2.03. The van der Waals surface area contributed by atoms with E-state index in [-0.39, 0.29) is 5.91 Å². The van der Waals surface area contributed by atoms with Gasteiger partial charge in [-0.3, -0.25) is 9.48 Å². The second-order valence-electron chi connectivity index (χ2n) is 5.56. The standard InChI is InChI=1S/C17H19N5O2/c1-11-15(12(2)22(3)20-11)16(23)18-10-9-14-19-17(24-21-14)13-7-5-4-6-8-13/h4-8H,9-10H2,1-3H3,(H,18,23). The molecular weight excluding hydrogens is 306 g/mol. The number of amides is 1. The van der Waals surface area contributed by atoms with Gasteiger partial charge in [0.15, 0.2) is 5.82 Å². The van der Waals surface area contributed by atoms with Crippen LogP contribution in [0.5, 0.6) is 0 Å². The summed E-state index contributed by atoms with van der Waals surface area (Å²) in [4.78, 5) is 16.6. The van der Waals surface area contributed by atoms with E-state index < -0.39 is 0 Å². The molecule has 0 aliphatic heterocycles. The Kier molecular flexibility index (Phi) is 4.41. The SMILES string of the molecule is Cc1nn(C)c(C)c1C(=O)NCCc1noc(-c2ccccc2)n1. The molecule has 0 unspecified atom stereocenters. The largest absolute Gasteiger partial charge is 0.351 e. The number of hydrogen-bond donors (Lipinski definition) is 1. The molecule has 0 bridgehead atoms. The molecule has 0 atom stereocenters. The maximum Gasteiger partial charge on any atom is 0.257 e. The van der Waals surface area contributed by atoms with Crippen LogP contribution in [0.4, 0.5) is 0 Å². The van der Waals surface area contributed by atoms with Crippen molar-refractivity contribution in [3.05, 3.63) is 53.1 Å². The number of carbonyl (C=O) groups is 1. The third kappa shape index (κ3) is 3.19. The van der Waals surface area contributed by atoms with Gasteiger partial charge in [0.1, 0.15) is 0 Å². The van der Waals surface area contributed by atoms with Gasteiger partial charge < -0.3 is 9.84 Å². The van der Waals surface area contributed by atoms with Crippen LogP contribution in [0.1, 0.15) is 27.6 Å². The lowest BCUT2D eigenvalue weighted by molar-refractivity contribution is 0.0952. The van der Waals surface area contributed by atoms with Crippen molar-refractivity contribution in [2.45, 2.75) is 20.3 Å². The summed E-state index contributed by atoms with van der Waals surface area (Å²) < 4.78 is 6.95. The maximum atomic E-state index is 12.3. The molecular formula is C17H19N5O2. The Morgan fingerprint density at radius 3 is 2.67 bits per heavy atom. The van der Waals surface area contributed by atoms with E-state index in [1.807, 2.05) is 51.2 Å². The first-order valence-corrected chi connectivity index (χ1v) is 7.72. The second-order valence-corrected chi connectivity index (χ2v) is 5.56. The molecule has 2 heterocycles. The molecule has 7 nitrogen and oxygen atoms in total. The van der Waals surface area contributed by atoms with Gasteiger partial charge >= 0.3 is 0 Å². The topological polar surface area (TPSA) is 85.8 Å². The summed E-state index contributed by atoms with van der Waals surface area (Å²) in [7, 11) is 1.82. The number of hydrogen-bond acceptors (Lipinski definition) is 5. The van der Waals surface area contributed by atoms with Crippen LogP contribution < -0.4 is 5.32 Å². The predicted octanol–water partition coefficient (Wildman–Crippen LogP) is 2.06. The summed E-state index contributed by atoms with van der Waals surface area (Å²) >= 11 is 0. The zero-order valence-electron chi connectivity index (χ0n) is 13.9. The molecule has 24 heavy (non-hydrogen) atoms. The van der Waals surface area contributed by atoms with E-state index in [1.54, 1.807) is 4.68 Å². The van der Waals surface area contributed by atoms with E-state index >= 15 is 0 Å². The summed E-state index contributed by atoms with van der Waals surface area (Å²) in [5.41, 5.74) is 3.06. The highest BCUT2D eigenvalue weighted by Crippen LogP contribution is 2.16. The second kappa shape index (κ2) is 6.66. The van der Waals surface area contributed by atoms with Crippen LogP contribution in [0.2, 0.25) is 0 Å². The van der Waals surface area contributed by atoms with Crippen LogP contribution in [-0.2, 0) is 13.5 Å². The third-order valence-electron chi connectivity index (χ3n) is 3.86. The smallest absolute Gasteiger partial charge is 0.257 e. The summed E-state index contributed by atoms with van der Waals surface area (Å²) in [5, 5.41) is 11.1. The van der Waals surface area contributed by atoms with E-state index in [1.165, 1.54) is 0 Å². The average Bonchev–Trinajstić information content (AvgIpc) is 3.13. The summed E-state index contributed by atoms with van der Waals surface area (Å²) in [5.74, 6) is 0.912. The van der Waals surface area contributed by atoms with Crippen LogP contribution in [-0.4, -0.2) is 32.4 Å². The first-order valence-electron chi connectivity index (χ1n) is 7.72. The first kappa shape index (κ1) is 15.9. The van der Waals surface area contributed by atoms with Crippen LogP contribution in [0.15, 0.2) is 34.9 Å². The Morgan fingerprint density at radius 1 is 1.25 bits per heavy atom. The molecule has 0 radical (unpaired) electrons. The molecule has 0 aliphatic rings. The highest BCUT2D eigenvalue weighted by molar-refractivity contribution is 5.96. The molecule has 124 valence electrons. The Morgan fingerprint density at radius 2 is 2.00 bits per heavy atom. The highest BCUT2D eigenvalue weighted by Gasteiger charge is 2.17. The van der Waals surface area contributed by atoms with E-state index in [0.29, 0.717) is 30.2 Å². The molecule has 0 fully saturated rings. The number of nitrogens with one attached hydrogen (secondary N) is 1. The van der Waals surface area contributed by atoms with Crippen molar-refractivity contribution in [3.8, 4) is 11.5 Å². The minimum absolute atomic E-state index is 0.134. The normalized spacial score (nSPS) is 10.8. The fourth-order valence-corrected chi connectivity index (χ4v) is 2.53. The monoisotopic (exact) mass is 325 g/mol. The number of aryl methyl sites for hydroxylation is 2. The molecule has 1 amide bonds. The Bertz CT molecular complexity index is 851. The van der Waals surface area contributed by atoms with Gasteiger partial charge in [-0.25, -0.2) is 0 Å². The summed E-state index contributed by atoms with van der Waals surface area (Å²) in [6, 6.07) is 9.58. The number of rotatable bonds is 5. The summed E-state index contributed by atoms with van der Waals surface area (Å²) in [6.07, 6.45) is 0.500.